The van der Waals surface area contributed by atoms with E-state index in [1.54, 1.807) is 0 Å². The summed E-state index contributed by atoms with van der Waals surface area (Å²) in [4.78, 5) is 13.0. The molecular formula is C15H20N2O4. The Bertz CT molecular complexity index is 514. The van der Waals surface area contributed by atoms with Crippen molar-refractivity contribution in [2.75, 3.05) is 19.7 Å². The normalized spacial score (nSPS) is 26.7. The van der Waals surface area contributed by atoms with Crippen LogP contribution in [0.5, 0.6) is 5.75 Å². The van der Waals surface area contributed by atoms with Crippen LogP contribution >= 0.6 is 0 Å². The molecule has 21 heavy (non-hydrogen) atoms. The van der Waals surface area contributed by atoms with Gasteiger partial charge in [-0.3, -0.25) is 4.90 Å². The van der Waals surface area contributed by atoms with E-state index >= 15 is 0 Å². The average Bonchev–Trinajstić information content (AvgIpc) is 2.48. The van der Waals surface area contributed by atoms with Gasteiger partial charge in [-0.1, -0.05) is 18.2 Å². The SMILES string of the molecule is NC(=O)OC1CCN(C2c3ccccc3OCC2O)CC1. The monoisotopic (exact) mass is 292 g/mol. The highest BCUT2D eigenvalue weighted by molar-refractivity contribution is 5.64. The van der Waals surface area contributed by atoms with E-state index in [2.05, 4.69) is 4.90 Å². The number of hydrogen-bond acceptors (Lipinski definition) is 5. The van der Waals surface area contributed by atoms with E-state index in [0.29, 0.717) is 6.61 Å². The summed E-state index contributed by atoms with van der Waals surface area (Å²) >= 11 is 0. The molecule has 3 N–H and O–H groups in total. The molecule has 1 saturated heterocycles. The lowest BCUT2D eigenvalue weighted by Crippen LogP contribution is -2.47. The van der Waals surface area contributed by atoms with Gasteiger partial charge in [0.2, 0.25) is 0 Å². The molecule has 2 aliphatic rings. The Morgan fingerprint density at radius 2 is 2.05 bits per heavy atom. The number of aliphatic hydroxyl groups is 1. The van der Waals surface area contributed by atoms with E-state index in [9.17, 15) is 9.90 Å². The third kappa shape index (κ3) is 2.96. The van der Waals surface area contributed by atoms with Crippen molar-refractivity contribution in [2.24, 2.45) is 5.73 Å². The quantitative estimate of drug-likeness (QED) is 0.850. The number of para-hydroxylation sites is 1. The van der Waals surface area contributed by atoms with Gasteiger partial charge in [0.1, 0.15) is 24.6 Å². The van der Waals surface area contributed by atoms with E-state index in [1.807, 2.05) is 24.3 Å². The van der Waals surface area contributed by atoms with Crippen LogP contribution in [0.2, 0.25) is 0 Å². The molecule has 0 aromatic heterocycles. The zero-order valence-corrected chi connectivity index (χ0v) is 11.8. The number of nitrogens with zero attached hydrogens (tertiary/aromatic N) is 1. The standard InChI is InChI=1S/C15H20N2O4/c16-15(19)21-10-5-7-17(8-6-10)14-11-3-1-2-4-13(11)20-9-12(14)18/h1-4,10,12,14,18H,5-9H2,(H2,16,19). The number of benzene rings is 1. The van der Waals surface area contributed by atoms with Crippen LogP contribution in [0.1, 0.15) is 24.4 Å². The molecule has 2 aliphatic heterocycles. The van der Waals surface area contributed by atoms with Crippen LogP contribution in [0.3, 0.4) is 0 Å². The highest BCUT2D eigenvalue weighted by Crippen LogP contribution is 2.37. The Hall–Kier alpha value is -1.79. The number of carbonyl (C=O) groups excluding carboxylic acids is 1. The average molecular weight is 292 g/mol. The smallest absolute Gasteiger partial charge is 0.404 e. The maximum atomic E-state index is 10.8. The van der Waals surface area contributed by atoms with Crippen LogP contribution in [0, 0.1) is 0 Å². The molecule has 0 spiro atoms. The van der Waals surface area contributed by atoms with Gasteiger partial charge in [0.15, 0.2) is 0 Å². The molecule has 1 amide bonds. The molecule has 0 saturated carbocycles. The molecule has 3 rings (SSSR count). The lowest BCUT2D eigenvalue weighted by molar-refractivity contribution is -0.0258. The topological polar surface area (TPSA) is 85.0 Å². The molecule has 1 fully saturated rings. The van der Waals surface area contributed by atoms with Gasteiger partial charge >= 0.3 is 6.09 Å². The second kappa shape index (κ2) is 5.91. The number of primary amides is 1. The lowest BCUT2D eigenvalue weighted by atomic mass is 9.94. The Balaban J connectivity index is 1.71. The van der Waals surface area contributed by atoms with Gasteiger partial charge in [-0.15, -0.1) is 0 Å². The molecule has 1 aromatic carbocycles. The number of fused-ring (bicyclic) bond motifs is 1. The van der Waals surface area contributed by atoms with Crippen molar-refractivity contribution in [1.29, 1.82) is 0 Å². The van der Waals surface area contributed by atoms with Gasteiger partial charge in [0, 0.05) is 18.7 Å². The van der Waals surface area contributed by atoms with Gasteiger partial charge < -0.3 is 20.3 Å². The molecule has 2 unspecified atom stereocenters. The Kier molecular flexibility index (Phi) is 3.98. The van der Waals surface area contributed by atoms with Crippen LogP contribution in [-0.4, -0.2) is 48.0 Å². The second-order valence-electron chi connectivity index (χ2n) is 5.53. The first-order valence-corrected chi connectivity index (χ1v) is 7.25. The number of likely N-dealkylation sites (tertiary alicyclic amines) is 1. The van der Waals surface area contributed by atoms with Crippen LogP contribution in [0.15, 0.2) is 24.3 Å². The third-order valence-electron chi connectivity index (χ3n) is 4.16. The van der Waals surface area contributed by atoms with Crippen molar-refractivity contribution in [3.8, 4) is 5.75 Å². The van der Waals surface area contributed by atoms with Crippen LogP contribution < -0.4 is 10.5 Å². The molecule has 0 aliphatic carbocycles. The summed E-state index contributed by atoms with van der Waals surface area (Å²) in [6.07, 6.45) is 0.0778. The number of ether oxygens (including phenoxy) is 2. The molecule has 0 bridgehead atoms. The minimum atomic E-state index is -0.718. The second-order valence-corrected chi connectivity index (χ2v) is 5.53. The fourth-order valence-electron chi connectivity index (χ4n) is 3.21. The van der Waals surface area contributed by atoms with Crippen molar-refractivity contribution in [3.05, 3.63) is 29.8 Å². The summed E-state index contributed by atoms with van der Waals surface area (Å²) in [7, 11) is 0. The molecule has 2 atom stereocenters. The first-order valence-electron chi connectivity index (χ1n) is 7.25. The van der Waals surface area contributed by atoms with E-state index in [4.69, 9.17) is 15.2 Å². The summed E-state index contributed by atoms with van der Waals surface area (Å²) in [5.74, 6) is 0.836. The summed E-state index contributed by atoms with van der Waals surface area (Å²) in [5.41, 5.74) is 6.07. The summed E-state index contributed by atoms with van der Waals surface area (Å²) in [6, 6.07) is 7.74. The molecule has 0 radical (unpaired) electrons. The van der Waals surface area contributed by atoms with Gasteiger partial charge in [-0.25, -0.2) is 4.79 Å². The number of amides is 1. The molecule has 2 heterocycles. The number of aliphatic hydroxyl groups excluding tert-OH is 1. The zero-order chi connectivity index (χ0) is 14.8. The third-order valence-corrected chi connectivity index (χ3v) is 4.16. The maximum absolute atomic E-state index is 10.8. The van der Waals surface area contributed by atoms with Crippen molar-refractivity contribution < 1.29 is 19.4 Å². The van der Waals surface area contributed by atoms with E-state index in [-0.39, 0.29) is 12.1 Å². The molecule has 114 valence electrons. The number of carbonyl (C=O) groups is 1. The predicted molar refractivity (Wildman–Crippen MR) is 75.9 cm³/mol. The summed E-state index contributed by atoms with van der Waals surface area (Å²) in [6.45, 7) is 1.82. The largest absolute Gasteiger partial charge is 0.490 e. The molecule has 6 nitrogen and oxygen atoms in total. The van der Waals surface area contributed by atoms with Gasteiger partial charge in [-0.05, 0) is 18.9 Å². The fourth-order valence-corrected chi connectivity index (χ4v) is 3.21. The minimum absolute atomic E-state index is 0.0653. The Morgan fingerprint density at radius 1 is 1.33 bits per heavy atom. The van der Waals surface area contributed by atoms with Gasteiger partial charge in [0.05, 0.1) is 6.04 Å². The van der Waals surface area contributed by atoms with Crippen LogP contribution in [0.25, 0.3) is 0 Å². The van der Waals surface area contributed by atoms with E-state index in [0.717, 1.165) is 37.2 Å². The molecule has 6 heteroatoms. The van der Waals surface area contributed by atoms with Crippen LogP contribution in [0.4, 0.5) is 4.79 Å². The maximum Gasteiger partial charge on any atom is 0.404 e. The summed E-state index contributed by atoms with van der Waals surface area (Å²) in [5, 5.41) is 10.3. The Labute approximate surface area is 123 Å². The number of hydrogen-bond donors (Lipinski definition) is 2. The predicted octanol–water partition coefficient (Wildman–Crippen LogP) is 1.04. The lowest BCUT2D eigenvalue weighted by Gasteiger charge is -2.41. The van der Waals surface area contributed by atoms with Crippen molar-refractivity contribution in [3.63, 3.8) is 0 Å². The van der Waals surface area contributed by atoms with E-state index < -0.39 is 12.2 Å². The van der Waals surface area contributed by atoms with Crippen molar-refractivity contribution in [2.45, 2.75) is 31.1 Å². The highest BCUT2D eigenvalue weighted by Gasteiger charge is 2.36. The molecule has 1 aromatic rings. The fraction of sp³-hybridized carbons (Fsp3) is 0.533. The summed E-state index contributed by atoms with van der Waals surface area (Å²) < 4.78 is 10.6. The minimum Gasteiger partial charge on any atom is -0.490 e. The Morgan fingerprint density at radius 3 is 2.76 bits per heavy atom. The number of piperidine rings is 1. The van der Waals surface area contributed by atoms with Crippen molar-refractivity contribution in [1.82, 2.24) is 4.90 Å². The van der Waals surface area contributed by atoms with Crippen molar-refractivity contribution >= 4 is 6.09 Å². The van der Waals surface area contributed by atoms with Gasteiger partial charge in [-0.2, -0.15) is 0 Å². The first kappa shape index (κ1) is 14.2. The highest BCUT2D eigenvalue weighted by atomic mass is 16.6. The zero-order valence-electron chi connectivity index (χ0n) is 11.8. The molecular weight excluding hydrogens is 272 g/mol. The van der Waals surface area contributed by atoms with Gasteiger partial charge in [0.25, 0.3) is 0 Å². The number of nitrogens with two attached hydrogens (primary N) is 1. The van der Waals surface area contributed by atoms with Crippen LogP contribution in [-0.2, 0) is 4.74 Å². The first-order chi connectivity index (χ1) is 10.1. The van der Waals surface area contributed by atoms with E-state index in [1.165, 1.54) is 0 Å². The number of rotatable bonds is 2.